The van der Waals surface area contributed by atoms with Gasteiger partial charge < -0.3 is 20.1 Å². The Bertz CT molecular complexity index is 742. The maximum Gasteiger partial charge on any atom is 0.191 e. The van der Waals surface area contributed by atoms with Crippen molar-refractivity contribution in [3.05, 3.63) is 41.7 Å². The Kier molecular flexibility index (Phi) is 9.18. The van der Waals surface area contributed by atoms with Crippen LogP contribution in [-0.2, 0) is 19.9 Å². The Morgan fingerprint density at radius 1 is 1.14 bits per heavy atom. The third-order valence-corrected chi connectivity index (χ3v) is 4.23. The molecule has 0 saturated carbocycles. The highest BCUT2D eigenvalue weighted by molar-refractivity contribution is 5.79. The van der Waals surface area contributed by atoms with Crippen LogP contribution in [0.15, 0.2) is 35.6 Å². The summed E-state index contributed by atoms with van der Waals surface area (Å²) in [6, 6.07) is 6.11. The molecule has 0 atom stereocenters. The summed E-state index contributed by atoms with van der Waals surface area (Å²) in [7, 11) is 3.60. The van der Waals surface area contributed by atoms with Crippen LogP contribution in [0.2, 0.25) is 0 Å². The second kappa shape index (κ2) is 11.9. The molecule has 154 valence electrons. The summed E-state index contributed by atoms with van der Waals surface area (Å²) in [5, 5.41) is 10.9. The van der Waals surface area contributed by atoms with Gasteiger partial charge in [0.2, 0.25) is 0 Å². The standard InChI is InChI=1S/C21H33N5O2/c1-5-22-21(24-13-11-18-15-25-26(3)16-18)23-12-7-8-17-9-10-19(27-4)20(14-17)28-6-2/h9-10,14-16H,5-8,11-13H2,1-4H3,(H2,22,23,24). The molecule has 7 heteroatoms. The number of aromatic nitrogens is 2. The summed E-state index contributed by atoms with van der Waals surface area (Å²) in [5.74, 6) is 2.43. The highest BCUT2D eigenvalue weighted by atomic mass is 16.5. The maximum atomic E-state index is 5.65. The molecule has 2 aromatic rings. The van der Waals surface area contributed by atoms with Gasteiger partial charge in [-0.3, -0.25) is 9.67 Å². The molecule has 2 N–H and O–H groups in total. The van der Waals surface area contributed by atoms with E-state index in [0.717, 1.165) is 56.4 Å². The van der Waals surface area contributed by atoms with Crippen molar-refractivity contribution in [3.8, 4) is 11.5 Å². The van der Waals surface area contributed by atoms with E-state index in [2.05, 4.69) is 39.8 Å². The zero-order chi connectivity index (χ0) is 20.2. The molecular formula is C21H33N5O2. The first kappa shape index (κ1) is 21.6. The van der Waals surface area contributed by atoms with Crippen LogP contribution in [0, 0.1) is 0 Å². The quantitative estimate of drug-likeness (QED) is 0.352. The average Bonchev–Trinajstić information content (AvgIpc) is 3.10. The van der Waals surface area contributed by atoms with Gasteiger partial charge in [-0.1, -0.05) is 6.07 Å². The molecule has 0 aliphatic carbocycles. The zero-order valence-electron chi connectivity index (χ0n) is 17.5. The molecular weight excluding hydrogens is 354 g/mol. The van der Waals surface area contributed by atoms with E-state index in [4.69, 9.17) is 9.47 Å². The number of aryl methyl sites for hydroxylation is 2. The average molecular weight is 388 g/mol. The highest BCUT2D eigenvalue weighted by Gasteiger charge is 2.05. The molecule has 0 fully saturated rings. The minimum atomic E-state index is 0.626. The summed E-state index contributed by atoms with van der Waals surface area (Å²) >= 11 is 0. The summed E-state index contributed by atoms with van der Waals surface area (Å²) in [5.41, 5.74) is 2.45. The first-order valence-corrected chi connectivity index (χ1v) is 9.95. The van der Waals surface area contributed by atoms with E-state index >= 15 is 0 Å². The molecule has 28 heavy (non-hydrogen) atoms. The van der Waals surface area contributed by atoms with Gasteiger partial charge in [0, 0.05) is 32.9 Å². The van der Waals surface area contributed by atoms with Crippen LogP contribution < -0.4 is 20.1 Å². The normalized spacial score (nSPS) is 11.4. The Hall–Kier alpha value is -2.70. The SMILES string of the molecule is CCNC(=NCCCc1ccc(OC)c(OCC)c1)NCCc1cnn(C)c1. The molecule has 0 aliphatic rings. The second-order valence-electron chi connectivity index (χ2n) is 6.48. The molecule has 1 aromatic heterocycles. The molecule has 2 rings (SSSR count). The van der Waals surface area contributed by atoms with E-state index in [1.807, 2.05) is 37.1 Å². The molecule has 0 bridgehead atoms. The van der Waals surface area contributed by atoms with Crippen LogP contribution in [-0.4, -0.2) is 49.1 Å². The van der Waals surface area contributed by atoms with Crippen molar-refractivity contribution in [2.24, 2.45) is 12.0 Å². The fourth-order valence-electron chi connectivity index (χ4n) is 2.89. The van der Waals surface area contributed by atoms with Crippen molar-refractivity contribution < 1.29 is 9.47 Å². The van der Waals surface area contributed by atoms with Crippen LogP contribution in [0.4, 0.5) is 0 Å². The van der Waals surface area contributed by atoms with Gasteiger partial charge in [-0.05, 0) is 56.4 Å². The molecule has 7 nitrogen and oxygen atoms in total. The van der Waals surface area contributed by atoms with Crippen molar-refractivity contribution in [1.29, 1.82) is 0 Å². The molecule has 1 aromatic carbocycles. The fraction of sp³-hybridized carbons (Fsp3) is 0.524. The Balaban J connectivity index is 1.80. The Labute approximate surface area is 168 Å². The number of hydrogen-bond acceptors (Lipinski definition) is 4. The van der Waals surface area contributed by atoms with E-state index in [0.29, 0.717) is 6.61 Å². The maximum absolute atomic E-state index is 5.65. The first-order valence-electron chi connectivity index (χ1n) is 9.95. The number of benzene rings is 1. The van der Waals surface area contributed by atoms with Crippen LogP contribution >= 0.6 is 0 Å². The Morgan fingerprint density at radius 2 is 2.00 bits per heavy atom. The summed E-state index contributed by atoms with van der Waals surface area (Å²) in [4.78, 5) is 4.68. The molecule has 0 spiro atoms. The molecule has 1 heterocycles. The highest BCUT2D eigenvalue weighted by Crippen LogP contribution is 2.28. The van der Waals surface area contributed by atoms with Crippen molar-refractivity contribution in [2.75, 3.05) is 33.4 Å². The Morgan fingerprint density at radius 3 is 2.68 bits per heavy atom. The third-order valence-electron chi connectivity index (χ3n) is 4.23. The lowest BCUT2D eigenvalue weighted by molar-refractivity contribution is 0.310. The van der Waals surface area contributed by atoms with E-state index in [1.165, 1.54) is 11.1 Å². The number of ether oxygens (including phenoxy) is 2. The van der Waals surface area contributed by atoms with Crippen LogP contribution in [0.5, 0.6) is 11.5 Å². The molecule has 0 radical (unpaired) electrons. The number of aliphatic imine (C=N–C) groups is 1. The second-order valence-corrected chi connectivity index (χ2v) is 6.48. The topological polar surface area (TPSA) is 72.7 Å². The van der Waals surface area contributed by atoms with Gasteiger partial charge in [-0.15, -0.1) is 0 Å². The summed E-state index contributed by atoms with van der Waals surface area (Å²) < 4.78 is 12.8. The lowest BCUT2D eigenvalue weighted by Crippen LogP contribution is -2.38. The van der Waals surface area contributed by atoms with Gasteiger partial charge in [0.05, 0.1) is 19.9 Å². The lowest BCUT2D eigenvalue weighted by atomic mass is 10.1. The minimum absolute atomic E-state index is 0.626. The molecule has 0 unspecified atom stereocenters. The summed E-state index contributed by atoms with van der Waals surface area (Å²) in [6.07, 6.45) is 6.78. The minimum Gasteiger partial charge on any atom is -0.493 e. The number of methoxy groups -OCH3 is 1. The van der Waals surface area contributed by atoms with Gasteiger partial charge in [0.25, 0.3) is 0 Å². The van der Waals surface area contributed by atoms with Gasteiger partial charge in [-0.25, -0.2) is 0 Å². The summed E-state index contributed by atoms with van der Waals surface area (Å²) in [6.45, 7) is 7.11. The van der Waals surface area contributed by atoms with Crippen LogP contribution in [0.3, 0.4) is 0 Å². The van der Waals surface area contributed by atoms with Crippen LogP contribution in [0.25, 0.3) is 0 Å². The number of nitrogens with zero attached hydrogens (tertiary/aromatic N) is 3. The van der Waals surface area contributed by atoms with Crippen molar-refractivity contribution in [1.82, 2.24) is 20.4 Å². The van der Waals surface area contributed by atoms with Crippen LogP contribution in [0.1, 0.15) is 31.4 Å². The van der Waals surface area contributed by atoms with E-state index < -0.39 is 0 Å². The predicted octanol–water partition coefficient (Wildman–Crippen LogP) is 2.56. The monoisotopic (exact) mass is 387 g/mol. The van der Waals surface area contributed by atoms with Crippen molar-refractivity contribution >= 4 is 5.96 Å². The largest absolute Gasteiger partial charge is 0.493 e. The molecule has 0 amide bonds. The van der Waals surface area contributed by atoms with E-state index in [1.54, 1.807) is 7.11 Å². The van der Waals surface area contributed by atoms with Gasteiger partial charge in [0.1, 0.15) is 0 Å². The number of guanidine groups is 1. The predicted molar refractivity (Wildman–Crippen MR) is 113 cm³/mol. The zero-order valence-corrected chi connectivity index (χ0v) is 17.5. The van der Waals surface area contributed by atoms with E-state index in [-0.39, 0.29) is 0 Å². The lowest BCUT2D eigenvalue weighted by Gasteiger charge is -2.12. The number of rotatable bonds is 11. The van der Waals surface area contributed by atoms with E-state index in [9.17, 15) is 0 Å². The molecule has 0 aliphatic heterocycles. The number of hydrogen-bond donors (Lipinski definition) is 2. The number of nitrogens with one attached hydrogen (secondary N) is 2. The fourth-order valence-corrected chi connectivity index (χ4v) is 2.89. The smallest absolute Gasteiger partial charge is 0.191 e. The van der Waals surface area contributed by atoms with Crippen molar-refractivity contribution in [2.45, 2.75) is 33.1 Å². The van der Waals surface area contributed by atoms with Gasteiger partial charge in [0.15, 0.2) is 17.5 Å². The van der Waals surface area contributed by atoms with Gasteiger partial charge in [-0.2, -0.15) is 5.10 Å². The third kappa shape index (κ3) is 7.13. The van der Waals surface area contributed by atoms with Gasteiger partial charge >= 0.3 is 0 Å². The first-order chi connectivity index (χ1) is 13.7. The van der Waals surface area contributed by atoms with Crippen molar-refractivity contribution in [3.63, 3.8) is 0 Å². The molecule has 0 saturated heterocycles.